The third kappa shape index (κ3) is 3.22. The number of benzene rings is 1. The molecule has 9 heteroatoms. The van der Waals surface area contributed by atoms with Gasteiger partial charge in [0.15, 0.2) is 11.6 Å². The van der Waals surface area contributed by atoms with Crippen LogP contribution in [0.15, 0.2) is 30.5 Å². The number of rotatable bonds is 2. The number of aromatic nitrogens is 2. The first-order valence-electron chi connectivity index (χ1n) is 7.91. The van der Waals surface area contributed by atoms with Gasteiger partial charge in [0.1, 0.15) is 17.0 Å². The van der Waals surface area contributed by atoms with Crippen molar-refractivity contribution >= 4 is 33.4 Å². The van der Waals surface area contributed by atoms with Gasteiger partial charge in [-0.05, 0) is 24.6 Å². The summed E-state index contributed by atoms with van der Waals surface area (Å²) in [6, 6.07) is 4.77. The summed E-state index contributed by atoms with van der Waals surface area (Å²) < 4.78 is 40.4. The van der Waals surface area contributed by atoms with Gasteiger partial charge in [0.05, 0.1) is 16.8 Å². The van der Waals surface area contributed by atoms with Gasteiger partial charge in [-0.1, -0.05) is 0 Å². The van der Waals surface area contributed by atoms with Crippen molar-refractivity contribution in [2.45, 2.75) is 12.6 Å². The fraction of sp³-hybridized carbons (Fsp3) is 0.235. The third-order valence-electron chi connectivity index (χ3n) is 4.09. The van der Waals surface area contributed by atoms with Gasteiger partial charge in [0.2, 0.25) is 0 Å². The third-order valence-corrected chi connectivity index (χ3v) is 5.15. The molecule has 2 amide bonds. The number of carbonyl (C=O) groups excluding carboxylic acids is 1. The van der Waals surface area contributed by atoms with E-state index in [4.69, 9.17) is 0 Å². The molecule has 26 heavy (non-hydrogen) atoms. The van der Waals surface area contributed by atoms with E-state index in [0.717, 1.165) is 16.8 Å². The number of likely N-dealkylation sites (tertiary alicyclic amines) is 1. The molecule has 0 unspecified atom stereocenters. The van der Waals surface area contributed by atoms with E-state index in [1.807, 2.05) is 0 Å². The fourth-order valence-electron chi connectivity index (χ4n) is 2.75. The van der Waals surface area contributed by atoms with Crippen molar-refractivity contribution in [2.75, 3.05) is 18.4 Å². The lowest BCUT2D eigenvalue weighted by Gasteiger charge is -2.15. The molecule has 4 rings (SSSR count). The lowest BCUT2D eigenvalue weighted by Crippen LogP contribution is -2.33. The summed E-state index contributed by atoms with van der Waals surface area (Å²) in [5.74, 6) is -1.56. The molecule has 0 spiro atoms. The number of carbonyl (C=O) groups is 1. The van der Waals surface area contributed by atoms with Gasteiger partial charge >= 0.3 is 6.03 Å². The molecule has 1 aliphatic rings. The highest BCUT2D eigenvalue weighted by Crippen LogP contribution is 2.31. The largest absolute Gasteiger partial charge is 0.323 e. The molecule has 1 fully saturated rings. The van der Waals surface area contributed by atoms with Crippen molar-refractivity contribution in [3.8, 4) is 10.6 Å². The van der Waals surface area contributed by atoms with E-state index in [2.05, 4.69) is 15.3 Å². The first-order chi connectivity index (χ1) is 12.5. The minimum absolute atomic E-state index is 0.0745. The first-order valence-corrected chi connectivity index (χ1v) is 8.73. The second kappa shape index (κ2) is 6.56. The highest BCUT2D eigenvalue weighted by molar-refractivity contribution is 7.21. The van der Waals surface area contributed by atoms with Crippen molar-refractivity contribution in [3.63, 3.8) is 0 Å². The summed E-state index contributed by atoms with van der Waals surface area (Å²) in [5.41, 5.74) is 1.03. The zero-order chi connectivity index (χ0) is 18.3. The number of amides is 2. The summed E-state index contributed by atoms with van der Waals surface area (Å²) in [7, 11) is 0. The van der Waals surface area contributed by atoms with Gasteiger partial charge in [-0.3, -0.25) is 5.32 Å². The molecule has 0 radical (unpaired) electrons. The summed E-state index contributed by atoms with van der Waals surface area (Å²) >= 11 is 1.28. The van der Waals surface area contributed by atoms with E-state index in [0.29, 0.717) is 34.9 Å². The molecular weight excluding hydrogens is 365 g/mol. The number of nitrogens with one attached hydrogen (secondary N) is 1. The van der Waals surface area contributed by atoms with Crippen molar-refractivity contribution in [1.82, 2.24) is 14.9 Å². The van der Waals surface area contributed by atoms with Gasteiger partial charge in [-0.2, -0.15) is 0 Å². The van der Waals surface area contributed by atoms with Crippen molar-refractivity contribution in [2.24, 2.45) is 0 Å². The molecule has 0 aliphatic carbocycles. The Morgan fingerprint density at radius 1 is 1.27 bits per heavy atom. The molecule has 1 saturated heterocycles. The SMILES string of the molecule is O=C(Nc1cc2nc(-c3ccc(F)c(F)c3)sc2cn1)N1CC[C@H](F)C1. The Morgan fingerprint density at radius 2 is 2.12 bits per heavy atom. The Labute approximate surface area is 150 Å². The predicted octanol–water partition coefficient (Wildman–Crippen LogP) is 4.21. The van der Waals surface area contributed by atoms with Gasteiger partial charge in [0.25, 0.3) is 0 Å². The van der Waals surface area contributed by atoms with Crippen LogP contribution in [-0.2, 0) is 0 Å². The summed E-state index contributed by atoms with van der Waals surface area (Å²) in [4.78, 5) is 22.1. The molecule has 3 heterocycles. The maximum atomic E-state index is 13.4. The zero-order valence-corrected chi connectivity index (χ0v) is 14.2. The molecule has 1 atom stereocenters. The second-order valence-electron chi connectivity index (χ2n) is 5.95. The number of alkyl halides is 1. The Bertz CT molecular complexity index is 993. The van der Waals surface area contributed by atoms with E-state index in [-0.39, 0.29) is 6.54 Å². The van der Waals surface area contributed by atoms with Crippen LogP contribution in [-0.4, -0.2) is 40.2 Å². The van der Waals surface area contributed by atoms with Crippen molar-refractivity contribution in [1.29, 1.82) is 0 Å². The molecule has 134 valence electrons. The maximum Gasteiger partial charge on any atom is 0.323 e. The Kier molecular flexibility index (Phi) is 4.23. The molecule has 0 bridgehead atoms. The molecule has 1 aromatic carbocycles. The first kappa shape index (κ1) is 16.8. The van der Waals surface area contributed by atoms with Gasteiger partial charge in [-0.25, -0.2) is 27.9 Å². The van der Waals surface area contributed by atoms with Crippen LogP contribution in [0, 0.1) is 11.6 Å². The van der Waals surface area contributed by atoms with Crippen LogP contribution in [0.2, 0.25) is 0 Å². The smallest absolute Gasteiger partial charge is 0.321 e. The van der Waals surface area contributed by atoms with Crippen LogP contribution < -0.4 is 5.32 Å². The van der Waals surface area contributed by atoms with E-state index in [1.54, 1.807) is 12.3 Å². The van der Waals surface area contributed by atoms with Gasteiger partial charge < -0.3 is 4.90 Å². The monoisotopic (exact) mass is 378 g/mol. The fourth-order valence-corrected chi connectivity index (χ4v) is 3.66. The number of anilines is 1. The molecular formula is C17H13F3N4OS. The number of thiazole rings is 1. The standard InChI is InChI=1S/C17H13F3N4OS/c18-10-3-4-24(8-10)17(25)23-15-6-13-14(7-21-15)26-16(22-13)9-1-2-11(19)12(20)5-9/h1-2,5-7,10H,3-4,8H2,(H,21,23,25)/t10-/m0/s1. The summed E-state index contributed by atoms with van der Waals surface area (Å²) in [6.07, 6.45) is 0.894. The number of halogens is 3. The maximum absolute atomic E-state index is 13.4. The number of pyridine rings is 1. The number of nitrogens with zero attached hydrogens (tertiary/aromatic N) is 3. The van der Waals surface area contributed by atoms with Crippen LogP contribution in [0.1, 0.15) is 6.42 Å². The van der Waals surface area contributed by atoms with Crippen LogP contribution in [0.3, 0.4) is 0 Å². The molecule has 2 aromatic heterocycles. The molecule has 1 N–H and O–H groups in total. The molecule has 0 saturated carbocycles. The Hall–Kier alpha value is -2.68. The highest BCUT2D eigenvalue weighted by atomic mass is 32.1. The number of hydrogen-bond acceptors (Lipinski definition) is 4. The zero-order valence-electron chi connectivity index (χ0n) is 13.4. The van der Waals surface area contributed by atoms with Crippen LogP contribution in [0.5, 0.6) is 0 Å². The lowest BCUT2D eigenvalue weighted by atomic mass is 10.2. The van der Waals surface area contributed by atoms with Crippen LogP contribution in [0.4, 0.5) is 23.8 Å². The topological polar surface area (TPSA) is 58.1 Å². The minimum atomic E-state index is -0.992. The Morgan fingerprint density at radius 3 is 2.85 bits per heavy atom. The van der Waals surface area contributed by atoms with E-state index in [9.17, 15) is 18.0 Å². The van der Waals surface area contributed by atoms with Crippen molar-refractivity contribution in [3.05, 3.63) is 42.1 Å². The number of urea groups is 1. The molecule has 5 nitrogen and oxygen atoms in total. The summed E-state index contributed by atoms with van der Waals surface area (Å²) in [5, 5.41) is 3.14. The normalized spacial score (nSPS) is 17.0. The number of hydrogen-bond donors (Lipinski definition) is 1. The average Bonchev–Trinajstić information content (AvgIpc) is 3.23. The summed E-state index contributed by atoms with van der Waals surface area (Å²) in [6.45, 7) is 0.442. The highest BCUT2D eigenvalue weighted by Gasteiger charge is 2.26. The van der Waals surface area contributed by atoms with Crippen molar-refractivity contribution < 1.29 is 18.0 Å². The van der Waals surface area contributed by atoms with E-state index < -0.39 is 23.8 Å². The molecule has 1 aliphatic heterocycles. The minimum Gasteiger partial charge on any atom is -0.321 e. The average molecular weight is 378 g/mol. The Balaban J connectivity index is 1.57. The lowest BCUT2D eigenvalue weighted by molar-refractivity contribution is 0.217. The van der Waals surface area contributed by atoms with Crippen LogP contribution >= 0.6 is 11.3 Å². The quantitative estimate of drug-likeness (QED) is 0.727. The molecule has 3 aromatic rings. The second-order valence-corrected chi connectivity index (χ2v) is 6.98. The van der Waals surface area contributed by atoms with E-state index >= 15 is 0 Å². The van der Waals surface area contributed by atoms with E-state index in [1.165, 1.54) is 22.3 Å². The van der Waals surface area contributed by atoms with Gasteiger partial charge in [-0.15, -0.1) is 11.3 Å². The number of fused-ring (bicyclic) bond motifs is 1. The van der Waals surface area contributed by atoms with Crippen LogP contribution in [0.25, 0.3) is 20.8 Å². The van der Waals surface area contributed by atoms with Gasteiger partial charge in [0, 0.05) is 24.4 Å². The predicted molar refractivity (Wildman–Crippen MR) is 92.9 cm³/mol.